The predicted molar refractivity (Wildman–Crippen MR) is 78.1 cm³/mol. The SMILES string of the molecule is CNc1nc(NC(C)=O)sc1/N=N/c1c(C#N)cnn1C. The zero-order valence-electron chi connectivity index (χ0n) is 11.6. The van der Waals surface area contributed by atoms with E-state index in [1.165, 1.54) is 29.1 Å². The van der Waals surface area contributed by atoms with Crippen LogP contribution in [0.2, 0.25) is 0 Å². The van der Waals surface area contributed by atoms with Crippen molar-refractivity contribution in [2.75, 3.05) is 17.7 Å². The molecule has 0 fully saturated rings. The Kier molecular flexibility index (Phi) is 4.24. The molecule has 2 aromatic heterocycles. The highest BCUT2D eigenvalue weighted by molar-refractivity contribution is 7.20. The molecule has 0 spiro atoms. The second-order valence-corrected chi connectivity index (χ2v) is 4.90. The Morgan fingerprint density at radius 3 is 2.90 bits per heavy atom. The number of nitrogens with one attached hydrogen (secondary N) is 2. The second-order valence-electron chi connectivity index (χ2n) is 3.92. The molecule has 0 bridgehead atoms. The Morgan fingerprint density at radius 2 is 2.29 bits per heavy atom. The number of anilines is 2. The van der Waals surface area contributed by atoms with Crippen molar-refractivity contribution in [2.24, 2.45) is 17.3 Å². The maximum Gasteiger partial charge on any atom is 0.223 e. The highest BCUT2D eigenvalue weighted by atomic mass is 32.1. The van der Waals surface area contributed by atoms with Crippen molar-refractivity contribution < 1.29 is 4.79 Å². The molecule has 0 saturated carbocycles. The van der Waals surface area contributed by atoms with Gasteiger partial charge in [-0.15, -0.1) is 10.2 Å². The molecular formula is C11H12N8OS. The van der Waals surface area contributed by atoms with Crippen molar-refractivity contribution in [3.8, 4) is 6.07 Å². The van der Waals surface area contributed by atoms with Crippen molar-refractivity contribution in [1.82, 2.24) is 14.8 Å². The number of hydrogen-bond acceptors (Lipinski definition) is 8. The van der Waals surface area contributed by atoms with E-state index in [1.54, 1.807) is 14.1 Å². The van der Waals surface area contributed by atoms with Crippen LogP contribution in [0.1, 0.15) is 12.5 Å². The topological polar surface area (TPSA) is 120 Å². The monoisotopic (exact) mass is 304 g/mol. The third kappa shape index (κ3) is 3.21. The number of rotatable bonds is 4. The van der Waals surface area contributed by atoms with Gasteiger partial charge in [0, 0.05) is 21.0 Å². The van der Waals surface area contributed by atoms with Gasteiger partial charge in [-0.1, -0.05) is 11.3 Å². The summed E-state index contributed by atoms with van der Waals surface area (Å²) in [6, 6.07) is 1.99. The Labute approximate surface area is 124 Å². The van der Waals surface area contributed by atoms with Crippen LogP contribution < -0.4 is 10.6 Å². The molecule has 0 aliphatic carbocycles. The summed E-state index contributed by atoms with van der Waals surface area (Å²) in [7, 11) is 3.36. The third-order valence-electron chi connectivity index (χ3n) is 2.39. The lowest BCUT2D eigenvalue weighted by Crippen LogP contribution is -2.05. The van der Waals surface area contributed by atoms with E-state index in [9.17, 15) is 4.79 Å². The van der Waals surface area contributed by atoms with Crippen molar-refractivity contribution >= 4 is 39.0 Å². The number of carbonyl (C=O) groups is 1. The predicted octanol–water partition coefficient (Wildman–Crippen LogP) is 2.16. The third-order valence-corrected chi connectivity index (χ3v) is 3.25. The van der Waals surface area contributed by atoms with Crippen LogP contribution in [0.5, 0.6) is 0 Å². The summed E-state index contributed by atoms with van der Waals surface area (Å²) in [5, 5.41) is 27.4. The van der Waals surface area contributed by atoms with Gasteiger partial charge in [0.1, 0.15) is 11.6 Å². The molecule has 1 amide bonds. The Bertz CT molecular complexity index is 738. The van der Waals surface area contributed by atoms with E-state index in [0.29, 0.717) is 27.3 Å². The number of aryl methyl sites for hydroxylation is 1. The molecule has 0 unspecified atom stereocenters. The number of aromatic nitrogens is 3. The van der Waals surface area contributed by atoms with Crippen LogP contribution in [-0.2, 0) is 11.8 Å². The van der Waals surface area contributed by atoms with E-state index >= 15 is 0 Å². The second kappa shape index (κ2) is 6.10. The molecule has 2 rings (SSSR count). The molecule has 0 saturated heterocycles. The standard InChI is InChI=1S/C11H12N8OS/c1-6(20)15-11-16-8(13-2)10(21-11)18-17-9-7(4-12)5-14-19(9)3/h5,13H,1-3H3,(H,15,16,20)/b18-17+. The summed E-state index contributed by atoms with van der Waals surface area (Å²) in [4.78, 5) is 15.2. The van der Waals surface area contributed by atoms with Gasteiger partial charge in [-0.25, -0.2) is 9.67 Å². The fourth-order valence-electron chi connectivity index (χ4n) is 1.47. The van der Waals surface area contributed by atoms with Crippen molar-refractivity contribution in [1.29, 1.82) is 5.26 Å². The zero-order chi connectivity index (χ0) is 15.4. The average Bonchev–Trinajstić information content (AvgIpc) is 2.99. The van der Waals surface area contributed by atoms with Crippen LogP contribution in [0.4, 0.5) is 21.8 Å². The van der Waals surface area contributed by atoms with Crippen molar-refractivity contribution in [3.63, 3.8) is 0 Å². The first-order valence-electron chi connectivity index (χ1n) is 5.85. The number of carbonyl (C=O) groups excluding carboxylic acids is 1. The van der Waals surface area contributed by atoms with E-state index in [2.05, 4.69) is 30.9 Å². The van der Waals surface area contributed by atoms with E-state index in [1.807, 2.05) is 6.07 Å². The van der Waals surface area contributed by atoms with Gasteiger partial charge < -0.3 is 10.6 Å². The summed E-state index contributed by atoms with van der Waals surface area (Å²) >= 11 is 1.18. The van der Waals surface area contributed by atoms with Gasteiger partial charge >= 0.3 is 0 Å². The molecule has 2 heterocycles. The van der Waals surface area contributed by atoms with E-state index in [0.717, 1.165) is 0 Å². The summed E-state index contributed by atoms with van der Waals surface area (Å²) in [6.45, 7) is 1.40. The van der Waals surface area contributed by atoms with Gasteiger partial charge in [0.2, 0.25) is 5.91 Å². The first-order valence-corrected chi connectivity index (χ1v) is 6.66. The summed E-state index contributed by atoms with van der Waals surface area (Å²) < 4.78 is 1.46. The fourth-order valence-corrected chi connectivity index (χ4v) is 2.31. The van der Waals surface area contributed by atoms with Gasteiger partial charge in [-0.05, 0) is 0 Å². The van der Waals surface area contributed by atoms with Gasteiger partial charge in [0.25, 0.3) is 0 Å². The highest BCUT2D eigenvalue weighted by Gasteiger charge is 2.12. The summed E-state index contributed by atoms with van der Waals surface area (Å²) in [5.74, 6) is 0.635. The lowest BCUT2D eigenvalue weighted by molar-refractivity contribution is -0.114. The number of amides is 1. The summed E-state index contributed by atoms with van der Waals surface area (Å²) in [6.07, 6.45) is 1.42. The molecule has 0 aliphatic heterocycles. The minimum Gasteiger partial charge on any atom is -0.370 e. The molecule has 10 heteroatoms. The van der Waals surface area contributed by atoms with Crippen LogP contribution in [0.25, 0.3) is 0 Å². The molecule has 0 radical (unpaired) electrons. The summed E-state index contributed by atoms with van der Waals surface area (Å²) in [5.41, 5.74) is 0.332. The Hall–Kier alpha value is -2.80. The molecular weight excluding hydrogens is 292 g/mol. The van der Waals surface area contributed by atoms with Crippen LogP contribution in [0.15, 0.2) is 16.4 Å². The number of hydrogen-bond donors (Lipinski definition) is 2. The van der Waals surface area contributed by atoms with E-state index in [4.69, 9.17) is 5.26 Å². The zero-order valence-corrected chi connectivity index (χ0v) is 12.4. The number of nitriles is 1. The molecule has 0 atom stereocenters. The lowest BCUT2D eigenvalue weighted by atomic mass is 10.4. The largest absolute Gasteiger partial charge is 0.370 e. The van der Waals surface area contributed by atoms with Crippen LogP contribution in [-0.4, -0.2) is 27.7 Å². The molecule has 0 aromatic carbocycles. The first kappa shape index (κ1) is 14.6. The number of thiazole rings is 1. The number of nitrogens with zero attached hydrogens (tertiary/aromatic N) is 6. The van der Waals surface area contributed by atoms with Gasteiger partial charge in [-0.2, -0.15) is 10.4 Å². The van der Waals surface area contributed by atoms with Gasteiger partial charge in [-0.3, -0.25) is 4.79 Å². The molecule has 2 aromatic rings. The van der Waals surface area contributed by atoms with Gasteiger partial charge in [0.05, 0.1) is 6.20 Å². The number of azo groups is 1. The van der Waals surface area contributed by atoms with Crippen molar-refractivity contribution in [3.05, 3.63) is 11.8 Å². The average molecular weight is 304 g/mol. The Morgan fingerprint density at radius 1 is 1.52 bits per heavy atom. The van der Waals surface area contributed by atoms with Crippen LogP contribution >= 0.6 is 11.3 Å². The first-order chi connectivity index (χ1) is 10.0. The molecule has 108 valence electrons. The quantitative estimate of drug-likeness (QED) is 0.838. The van der Waals surface area contributed by atoms with Crippen LogP contribution in [0.3, 0.4) is 0 Å². The normalized spacial score (nSPS) is 10.6. The minimum atomic E-state index is -0.215. The van der Waals surface area contributed by atoms with E-state index in [-0.39, 0.29) is 5.91 Å². The highest BCUT2D eigenvalue weighted by Crippen LogP contribution is 2.36. The van der Waals surface area contributed by atoms with E-state index < -0.39 is 0 Å². The maximum atomic E-state index is 11.0. The van der Waals surface area contributed by atoms with Crippen LogP contribution in [0, 0.1) is 11.3 Å². The lowest BCUT2D eigenvalue weighted by Gasteiger charge is -1.95. The smallest absolute Gasteiger partial charge is 0.223 e. The van der Waals surface area contributed by atoms with Gasteiger partial charge in [0.15, 0.2) is 21.8 Å². The molecule has 21 heavy (non-hydrogen) atoms. The van der Waals surface area contributed by atoms with Crippen molar-refractivity contribution in [2.45, 2.75) is 6.92 Å². The molecule has 0 aliphatic rings. The molecule has 2 N–H and O–H groups in total. The maximum absolute atomic E-state index is 11.0. The minimum absolute atomic E-state index is 0.215. The Balaban J connectivity index is 2.32. The molecule has 9 nitrogen and oxygen atoms in total. The fraction of sp³-hybridized carbons (Fsp3) is 0.273.